The zero-order valence-electron chi connectivity index (χ0n) is 23.5. The molecule has 1 fully saturated rings. The molecule has 42 heavy (non-hydrogen) atoms. The molecule has 220 valence electrons. The van der Waals surface area contributed by atoms with Crippen molar-refractivity contribution in [1.82, 2.24) is 4.90 Å². The van der Waals surface area contributed by atoms with E-state index in [4.69, 9.17) is 26.3 Å². The number of nitrogens with zero attached hydrogens (tertiary/aromatic N) is 3. The molecular weight excluding hydrogens is 574 g/mol. The van der Waals surface area contributed by atoms with Crippen molar-refractivity contribution in [2.45, 2.75) is 32.4 Å². The molecular formula is C32H34ClN3O5S. The summed E-state index contributed by atoms with van der Waals surface area (Å²) in [6, 6.07) is 24.2. The first-order valence-corrected chi connectivity index (χ1v) is 15.8. The van der Waals surface area contributed by atoms with E-state index in [0.29, 0.717) is 17.0 Å². The zero-order chi connectivity index (χ0) is 30.0. The van der Waals surface area contributed by atoms with Gasteiger partial charge in [0, 0.05) is 19.6 Å². The average Bonchev–Trinajstić information content (AvgIpc) is 2.98. The Hall–Kier alpha value is -3.84. The van der Waals surface area contributed by atoms with Crippen molar-refractivity contribution < 1.29 is 22.7 Å². The number of anilines is 1. The number of ether oxygens (including phenoxy) is 2. The molecule has 3 aromatic rings. The van der Waals surface area contributed by atoms with Gasteiger partial charge in [-0.05, 0) is 61.2 Å². The third kappa shape index (κ3) is 8.83. The molecule has 8 nitrogen and oxygen atoms in total. The van der Waals surface area contributed by atoms with E-state index in [9.17, 15) is 13.2 Å². The molecule has 0 saturated carbocycles. The molecule has 0 atom stereocenters. The molecule has 0 N–H and O–H groups in total. The van der Waals surface area contributed by atoms with Crippen molar-refractivity contribution >= 4 is 39.4 Å². The number of carbonyl (C=O) groups excluding carboxylic acids is 1. The summed E-state index contributed by atoms with van der Waals surface area (Å²) >= 11 is 6.60. The van der Waals surface area contributed by atoms with Gasteiger partial charge in [0.1, 0.15) is 11.9 Å². The molecule has 0 amide bonds. The van der Waals surface area contributed by atoms with Crippen LogP contribution in [0.4, 0.5) is 5.69 Å². The molecule has 0 spiro atoms. The fourth-order valence-electron chi connectivity index (χ4n) is 4.75. The lowest BCUT2D eigenvalue weighted by molar-refractivity contribution is -0.139. The molecule has 4 rings (SSSR count). The minimum Gasteiger partial charge on any atom is -0.489 e. The Morgan fingerprint density at radius 3 is 2.55 bits per heavy atom. The summed E-state index contributed by atoms with van der Waals surface area (Å²) < 4.78 is 38.8. The van der Waals surface area contributed by atoms with Crippen LogP contribution in [0.5, 0.6) is 5.75 Å². The van der Waals surface area contributed by atoms with Gasteiger partial charge in [-0.25, -0.2) is 8.42 Å². The van der Waals surface area contributed by atoms with Gasteiger partial charge in [-0.2, -0.15) is 5.26 Å². The number of likely N-dealkylation sites (tertiary alicyclic amines) is 1. The largest absolute Gasteiger partial charge is 0.489 e. The van der Waals surface area contributed by atoms with E-state index in [1.807, 2.05) is 24.3 Å². The molecule has 1 aliphatic rings. The highest BCUT2D eigenvalue weighted by molar-refractivity contribution is 7.93. The van der Waals surface area contributed by atoms with Crippen molar-refractivity contribution in [1.29, 1.82) is 5.26 Å². The third-order valence-electron chi connectivity index (χ3n) is 6.82. The van der Waals surface area contributed by atoms with Crippen LogP contribution in [0, 0.1) is 11.3 Å². The number of esters is 1. The molecule has 1 heterocycles. The van der Waals surface area contributed by atoms with Gasteiger partial charge in [-0.1, -0.05) is 66.2 Å². The van der Waals surface area contributed by atoms with Gasteiger partial charge >= 0.3 is 5.97 Å². The van der Waals surface area contributed by atoms with Gasteiger partial charge in [0.2, 0.25) is 10.0 Å². The Labute approximate surface area is 252 Å². The lowest BCUT2D eigenvalue weighted by Crippen LogP contribution is -2.38. The van der Waals surface area contributed by atoms with Crippen LogP contribution in [0.25, 0.3) is 6.08 Å². The summed E-state index contributed by atoms with van der Waals surface area (Å²) in [6.45, 7) is 4.34. The molecule has 3 aromatic carbocycles. The highest BCUT2D eigenvalue weighted by atomic mass is 35.5. The van der Waals surface area contributed by atoms with E-state index in [1.165, 1.54) is 11.6 Å². The van der Waals surface area contributed by atoms with Crippen LogP contribution in [0.1, 0.15) is 36.5 Å². The number of halogens is 1. The van der Waals surface area contributed by atoms with E-state index < -0.39 is 21.7 Å². The van der Waals surface area contributed by atoms with Crippen molar-refractivity contribution in [3.05, 3.63) is 101 Å². The first kappa shape index (κ1) is 31.1. The molecule has 10 heteroatoms. The number of rotatable bonds is 12. The van der Waals surface area contributed by atoms with Crippen LogP contribution in [-0.4, -0.2) is 57.4 Å². The second-order valence-corrected chi connectivity index (χ2v) is 12.2. The lowest BCUT2D eigenvalue weighted by atomic mass is 10.1. The smallest absolute Gasteiger partial charge is 0.323 e. The predicted molar refractivity (Wildman–Crippen MR) is 165 cm³/mol. The molecule has 0 aromatic heterocycles. The van der Waals surface area contributed by atoms with Gasteiger partial charge in [-0.15, -0.1) is 0 Å². The quantitative estimate of drug-likeness (QED) is 0.245. The van der Waals surface area contributed by atoms with Gasteiger partial charge in [0.15, 0.2) is 5.75 Å². The van der Waals surface area contributed by atoms with Crippen LogP contribution < -0.4 is 9.04 Å². The molecule has 1 aliphatic heterocycles. The van der Waals surface area contributed by atoms with Gasteiger partial charge < -0.3 is 9.47 Å². The second-order valence-electron chi connectivity index (χ2n) is 9.93. The Bertz CT molecular complexity index is 1530. The highest BCUT2D eigenvalue weighted by Crippen LogP contribution is 2.33. The Balaban J connectivity index is 1.46. The number of sulfonamides is 1. The summed E-state index contributed by atoms with van der Waals surface area (Å²) in [7, 11) is -4.10. The van der Waals surface area contributed by atoms with Crippen molar-refractivity contribution in [2.24, 2.45) is 0 Å². The van der Waals surface area contributed by atoms with Crippen LogP contribution in [-0.2, 0) is 26.1 Å². The minimum absolute atomic E-state index is 0.00358. The predicted octanol–water partition coefficient (Wildman–Crippen LogP) is 5.67. The summed E-state index contributed by atoms with van der Waals surface area (Å²) in [4.78, 5) is 14.5. The van der Waals surface area contributed by atoms with Gasteiger partial charge in [-0.3, -0.25) is 14.0 Å². The van der Waals surface area contributed by atoms with Gasteiger partial charge in [0.05, 0.1) is 35.5 Å². The van der Waals surface area contributed by atoms with E-state index in [2.05, 4.69) is 23.1 Å². The first-order chi connectivity index (χ1) is 20.3. The van der Waals surface area contributed by atoms with E-state index in [0.717, 1.165) is 42.3 Å². The maximum absolute atomic E-state index is 13.3. The van der Waals surface area contributed by atoms with E-state index in [1.54, 1.807) is 49.4 Å². The van der Waals surface area contributed by atoms with Crippen LogP contribution in [0.15, 0.2) is 78.9 Å². The van der Waals surface area contributed by atoms with Crippen molar-refractivity contribution in [3.63, 3.8) is 0 Å². The van der Waals surface area contributed by atoms with Gasteiger partial charge in [0.25, 0.3) is 0 Å². The standard InChI is InChI=1S/C32H34ClN3O5S/c1-2-40-32(37)24-42(38,39)36(17-7-12-25-10-6-11-27(20-25)22-34)28-13-14-31(30(33)21-28)41-29-15-18-35(19-16-29)23-26-8-4-3-5-9-26/h3-14,20-21,29H,2,15-19,23-24H2,1H3. The number of nitriles is 1. The zero-order valence-corrected chi connectivity index (χ0v) is 25.1. The van der Waals surface area contributed by atoms with Crippen LogP contribution in [0.3, 0.4) is 0 Å². The molecule has 0 bridgehead atoms. The third-order valence-corrected chi connectivity index (χ3v) is 8.75. The maximum Gasteiger partial charge on any atom is 0.323 e. The Morgan fingerprint density at radius 2 is 1.86 bits per heavy atom. The summed E-state index contributed by atoms with van der Waals surface area (Å²) in [6.07, 6.45) is 5.07. The number of hydrogen-bond donors (Lipinski definition) is 0. The number of benzene rings is 3. The number of piperidine rings is 1. The molecule has 0 unspecified atom stereocenters. The molecule has 0 radical (unpaired) electrons. The fraction of sp³-hybridized carbons (Fsp3) is 0.312. The molecule has 0 aliphatic carbocycles. The minimum atomic E-state index is -4.10. The average molecular weight is 608 g/mol. The van der Waals surface area contributed by atoms with Crippen molar-refractivity contribution in [2.75, 3.05) is 36.3 Å². The number of hydrogen-bond acceptors (Lipinski definition) is 7. The Kier molecular flexibility index (Phi) is 11.0. The number of carbonyl (C=O) groups is 1. The summed E-state index contributed by atoms with van der Waals surface area (Å²) in [5.74, 6) is -1.16. The normalized spacial score (nSPS) is 14.4. The van der Waals surface area contributed by atoms with Crippen LogP contribution >= 0.6 is 11.6 Å². The molecule has 1 saturated heterocycles. The van der Waals surface area contributed by atoms with E-state index >= 15 is 0 Å². The summed E-state index contributed by atoms with van der Waals surface area (Å²) in [5, 5.41) is 9.43. The SMILES string of the molecule is CCOC(=O)CS(=O)(=O)N(CC=Cc1cccc(C#N)c1)c1ccc(OC2CCN(Cc3ccccc3)CC2)c(Cl)c1. The maximum atomic E-state index is 13.3. The topological polar surface area (TPSA) is 99.9 Å². The monoisotopic (exact) mass is 607 g/mol. The second kappa shape index (κ2) is 14.9. The van der Waals surface area contributed by atoms with E-state index in [-0.39, 0.29) is 24.3 Å². The Morgan fingerprint density at radius 1 is 1.10 bits per heavy atom. The van der Waals surface area contributed by atoms with Crippen molar-refractivity contribution in [3.8, 4) is 11.8 Å². The lowest BCUT2D eigenvalue weighted by Gasteiger charge is -2.32. The summed E-state index contributed by atoms with van der Waals surface area (Å²) in [5.41, 5.74) is 2.81. The first-order valence-electron chi connectivity index (χ1n) is 13.8. The highest BCUT2D eigenvalue weighted by Gasteiger charge is 2.27. The fourth-order valence-corrected chi connectivity index (χ4v) is 6.26. The van der Waals surface area contributed by atoms with Crippen LogP contribution in [0.2, 0.25) is 5.02 Å².